The Kier molecular flexibility index (Phi) is 5.50. The number of nitrogens with zero attached hydrogens (tertiary/aromatic N) is 1. The van der Waals surface area contributed by atoms with E-state index < -0.39 is 6.10 Å². The van der Waals surface area contributed by atoms with E-state index in [2.05, 4.69) is 0 Å². The molecule has 6 heteroatoms. The van der Waals surface area contributed by atoms with Gasteiger partial charge in [-0.3, -0.25) is 14.2 Å². The maximum atomic E-state index is 5.25. The Balaban J connectivity index is 4.90. The van der Waals surface area contributed by atoms with Gasteiger partial charge in [0.1, 0.15) is 7.05 Å². The summed E-state index contributed by atoms with van der Waals surface area (Å²) in [7, 11) is 9.21. The molecule has 0 spiro atoms. The molecule has 0 amide bonds. The summed E-state index contributed by atoms with van der Waals surface area (Å²) in [6, 6.07) is 0. The minimum absolute atomic E-state index is 0.132. The van der Waals surface area contributed by atoms with Crippen LogP contribution in [0.15, 0.2) is 0 Å². The molecule has 0 aliphatic carbocycles. The molecule has 0 N–H and O–H groups in total. The number of rotatable bonds is 7. The van der Waals surface area contributed by atoms with E-state index in [1.54, 1.807) is 14.2 Å². The highest BCUT2D eigenvalue weighted by Gasteiger charge is 2.54. The molecule has 0 aliphatic rings. The Morgan fingerprint density at radius 3 is 1.57 bits per heavy atom. The highest BCUT2D eigenvalue weighted by atomic mass is 17.0. The second kappa shape index (κ2) is 5.59. The summed E-state index contributed by atoms with van der Waals surface area (Å²) < 4.78 is 20.4. The first kappa shape index (κ1) is 13.8. The summed E-state index contributed by atoms with van der Waals surface area (Å²) in [5.41, 5.74) is 0. The van der Waals surface area contributed by atoms with Crippen molar-refractivity contribution in [2.24, 2.45) is 0 Å². The average Bonchev–Trinajstić information content (AvgIpc) is 2.21. The first-order chi connectivity index (χ1) is 6.55. The number of hydroxylamine groups is 3. The van der Waals surface area contributed by atoms with Gasteiger partial charge >= 0.3 is 6.10 Å². The molecular formula is C8H20NO5+. The number of hydrogen-bond donors (Lipinski definition) is 0. The third kappa shape index (κ3) is 2.22. The molecule has 0 rings (SSSR count). The Bertz CT molecular complexity index is 154. The van der Waals surface area contributed by atoms with E-state index in [1.807, 2.05) is 0 Å². The fourth-order valence-corrected chi connectivity index (χ4v) is 1.32. The second-order valence-corrected chi connectivity index (χ2v) is 2.84. The Hall–Kier alpha value is -0.240. The van der Waals surface area contributed by atoms with Crippen molar-refractivity contribution < 1.29 is 28.4 Å². The van der Waals surface area contributed by atoms with Crippen LogP contribution in [0.2, 0.25) is 0 Å². The SMILES string of the molecule is COC[N+](C)(OC)C(OC)(OC)OC. The third-order valence-corrected chi connectivity index (χ3v) is 2.13. The maximum Gasteiger partial charge on any atom is 0.481 e. The topological polar surface area (TPSA) is 46.2 Å². The molecule has 0 saturated heterocycles. The third-order valence-electron chi connectivity index (χ3n) is 2.13. The molecule has 6 nitrogen and oxygen atoms in total. The van der Waals surface area contributed by atoms with Gasteiger partial charge in [-0.25, -0.2) is 0 Å². The molecule has 0 saturated carbocycles. The molecule has 1 unspecified atom stereocenters. The van der Waals surface area contributed by atoms with Crippen molar-refractivity contribution in [1.82, 2.24) is 0 Å². The van der Waals surface area contributed by atoms with Crippen LogP contribution in [-0.4, -0.2) is 60.1 Å². The molecule has 0 bridgehead atoms. The first-order valence-corrected chi connectivity index (χ1v) is 4.11. The second-order valence-electron chi connectivity index (χ2n) is 2.84. The smallest absolute Gasteiger partial charge is 0.332 e. The van der Waals surface area contributed by atoms with Gasteiger partial charge in [-0.2, -0.15) is 4.84 Å². The highest BCUT2D eigenvalue weighted by Crippen LogP contribution is 2.25. The fourth-order valence-electron chi connectivity index (χ4n) is 1.32. The van der Waals surface area contributed by atoms with Gasteiger partial charge < -0.3 is 4.74 Å². The van der Waals surface area contributed by atoms with Crippen LogP contribution in [0, 0.1) is 0 Å². The van der Waals surface area contributed by atoms with E-state index in [1.165, 1.54) is 28.4 Å². The van der Waals surface area contributed by atoms with Crippen LogP contribution in [0.5, 0.6) is 0 Å². The van der Waals surface area contributed by atoms with Crippen LogP contribution in [0.25, 0.3) is 0 Å². The van der Waals surface area contributed by atoms with Gasteiger partial charge in [-0.1, -0.05) is 4.65 Å². The van der Waals surface area contributed by atoms with Gasteiger partial charge in [0, 0.05) is 28.4 Å². The predicted octanol–water partition coefficient (Wildman–Crippen LogP) is 0.149. The van der Waals surface area contributed by atoms with Crippen molar-refractivity contribution in [2.75, 3.05) is 49.3 Å². The Morgan fingerprint density at radius 2 is 1.36 bits per heavy atom. The molecule has 0 aliphatic heterocycles. The van der Waals surface area contributed by atoms with Crippen molar-refractivity contribution in [3.63, 3.8) is 0 Å². The zero-order valence-electron chi connectivity index (χ0n) is 9.70. The van der Waals surface area contributed by atoms with E-state index in [0.717, 1.165) is 0 Å². The van der Waals surface area contributed by atoms with Crippen LogP contribution < -0.4 is 0 Å². The monoisotopic (exact) mass is 210 g/mol. The van der Waals surface area contributed by atoms with E-state index in [9.17, 15) is 0 Å². The van der Waals surface area contributed by atoms with Gasteiger partial charge in [0.05, 0.1) is 7.11 Å². The lowest BCUT2D eigenvalue weighted by atomic mass is 10.7. The standard InChI is InChI=1S/C8H20NO5/c1-9(14-6,7-10-2)8(11-3,12-4)13-5/h7H2,1-6H3/q+1. The van der Waals surface area contributed by atoms with Gasteiger partial charge in [0.15, 0.2) is 0 Å². The number of ether oxygens (including phenoxy) is 4. The van der Waals surface area contributed by atoms with Crippen molar-refractivity contribution >= 4 is 0 Å². The molecule has 0 aromatic carbocycles. The Labute approximate surface area is 84.8 Å². The normalized spacial score (nSPS) is 16.7. The Morgan fingerprint density at radius 1 is 0.929 bits per heavy atom. The molecule has 1 atom stereocenters. The number of quaternary nitrogens is 1. The highest BCUT2D eigenvalue weighted by molar-refractivity contribution is 4.34. The minimum atomic E-state index is -1.33. The lowest BCUT2D eigenvalue weighted by Crippen LogP contribution is -2.65. The molecule has 0 aromatic heterocycles. The van der Waals surface area contributed by atoms with Crippen LogP contribution in [0.4, 0.5) is 0 Å². The first-order valence-electron chi connectivity index (χ1n) is 4.11. The summed E-state index contributed by atoms with van der Waals surface area (Å²) in [5.74, 6) is 0. The summed E-state index contributed by atoms with van der Waals surface area (Å²) in [6.07, 6.45) is -1.33. The molecule has 0 heterocycles. The van der Waals surface area contributed by atoms with E-state index in [-0.39, 0.29) is 11.4 Å². The van der Waals surface area contributed by atoms with Crippen LogP contribution in [-0.2, 0) is 23.8 Å². The molecule has 0 aromatic rings. The van der Waals surface area contributed by atoms with Gasteiger partial charge in [0.2, 0.25) is 6.73 Å². The van der Waals surface area contributed by atoms with Crippen LogP contribution >= 0.6 is 0 Å². The summed E-state index contributed by atoms with van der Waals surface area (Å²) >= 11 is 0. The molecule has 14 heavy (non-hydrogen) atoms. The van der Waals surface area contributed by atoms with E-state index >= 15 is 0 Å². The molecule has 0 radical (unpaired) electrons. The largest absolute Gasteiger partial charge is 0.481 e. The zero-order valence-corrected chi connectivity index (χ0v) is 9.70. The average molecular weight is 210 g/mol. The van der Waals surface area contributed by atoms with Crippen LogP contribution in [0.1, 0.15) is 0 Å². The summed E-state index contributed by atoms with van der Waals surface area (Å²) in [4.78, 5) is 5.25. The minimum Gasteiger partial charge on any atom is -0.332 e. The zero-order chi connectivity index (χ0) is 11.2. The molecule has 0 fully saturated rings. The van der Waals surface area contributed by atoms with Crippen molar-refractivity contribution in [3.8, 4) is 0 Å². The lowest BCUT2D eigenvalue weighted by Gasteiger charge is -2.40. The summed E-state index contributed by atoms with van der Waals surface area (Å²) in [6.45, 7) is 0.228. The molecule has 86 valence electrons. The number of methoxy groups -OCH3 is 4. The molecular weight excluding hydrogens is 190 g/mol. The van der Waals surface area contributed by atoms with E-state index in [4.69, 9.17) is 23.8 Å². The van der Waals surface area contributed by atoms with Crippen molar-refractivity contribution in [1.29, 1.82) is 0 Å². The fraction of sp³-hybridized carbons (Fsp3) is 1.00. The van der Waals surface area contributed by atoms with Gasteiger partial charge in [-0.15, -0.1) is 0 Å². The predicted molar refractivity (Wildman–Crippen MR) is 48.8 cm³/mol. The summed E-state index contributed by atoms with van der Waals surface area (Å²) in [5, 5.41) is 0. The van der Waals surface area contributed by atoms with Gasteiger partial charge in [0.25, 0.3) is 0 Å². The van der Waals surface area contributed by atoms with E-state index in [0.29, 0.717) is 0 Å². The lowest BCUT2D eigenvalue weighted by molar-refractivity contribution is -1.19. The van der Waals surface area contributed by atoms with Crippen LogP contribution in [0.3, 0.4) is 0 Å². The van der Waals surface area contributed by atoms with Crippen molar-refractivity contribution in [2.45, 2.75) is 6.10 Å². The van der Waals surface area contributed by atoms with Gasteiger partial charge in [-0.05, 0) is 0 Å². The quantitative estimate of drug-likeness (QED) is 0.340. The maximum absolute atomic E-state index is 5.25. The number of hydrogen-bond acceptors (Lipinski definition) is 5. The van der Waals surface area contributed by atoms with Crippen molar-refractivity contribution in [3.05, 3.63) is 0 Å².